The molecule has 0 saturated heterocycles. The maximum Gasteiger partial charge on any atom is 0.515 e. The Hall–Kier alpha value is -0.280. The van der Waals surface area contributed by atoms with Crippen LogP contribution in [0.5, 0.6) is 0 Å². The summed E-state index contributed by atoms with van der Waals surface area (Å²) in [6, 6.07) is 0. The van der Waals surface area contributed by atoms with Crippen molar-refractivity contribution in [3.63, 3.8) is 0 Å². The van der Waals surface area contributed by atoms with Crippen molar-refractivity contribution >= 4 is 6.09 Å². The molecule has 0 fully saturated rings. The van der Waals surface area contributed by atoms with Gasteiger partial charge in [0, 0.05) is 0 Å². The molecule has 0 aliphatic rings. The molecular formula is C40H82ClNO2. The molecule has 1 amide bonds. The van der Waals surface area contributed by atoms with Gasteiger partial charge in [-0.15, -0.1) is 0 Å². The first-order valence-electron chi connectivity index (χ1n) is 20.1. The number of hydrogen-bond donors (Lipinski definition) is 0. The Labute approximate surface area is 284 Å². The smallest absolute Gasteiger partial charge is 0.515 e. The summed E-state index contributed by atoms with van der Waals surface area (Å²) in [5, 5.41) is 0. The molecule has 0 spiro atoms. The summed E-state index contributed by atoms with van der Waals surface area (Å²) in [4.78, 5) is 12.8. The second-order valence-electron chi connectivity index (χ2n) is 14.0. The predicted molar refractivity (Wildman–Crippen MR) is 192 cm³/mol. The fraction of sp³-hybridized carbons (Fsp3) is 0.975. The minimum Gasteiger partial charge on any atom is -1.00 e. The molecular weight excluding hydrogens is 562 g/mol. The normalized spacial score (nSPS) is 11.5. The van der Waals surface area contributed by atoms with Crippen molar-refractivity contribution in [2.45, 2.75) is 226 Å². The monoisotopic (exact) mass is 644 g/mol. The molecule has 0 aromatic carbocycles. The molecule has 266 valence electrons. The lowest BCUT2D eigenvalue weighted by Crippen LogP contribution is -3.00. The van der Waals surface area contributed by atoms with E-state index < -0.39 is 0 Å². The van der Waals surface area contributed by atoms with E-state index in [1.165, 1.54) is 193 Å². The molecule has 0 saturated carbocycles. The Morgan fingerprint density at radius 1 is 0.386 bits per heavy atom. The number of carbonyl (C=O) groups is 1. The van der Waals surface area contributed by atoms with Gasteiger partial charge in [0.25, 0.3) is 0 Å². The summed E-state index contributed by atoms with van der Waals surface area (Å²) in [6.07, 6.45) is 44.4. The molecule has 0 rings (SSSR count). The van der Waals surface area contributed by atoms with Crippen molar-refractivity contribution in [3.8, 4) is 0 Å². The highest BCUT2D eigenvalue weighted by atomic mass is 35.5. The first kappa shape index (κ1) is 45.8. The highest BCUT2D eigenvalue weighted by Gasteiger charge is 2.35. The Morgan fingerprint density at radius 3 is 0.773 bits per heavy atom. The van der Waals surface area contributed by atoms with Gasteiger partial charge in [-0.3, -0.25) is 0 Å². The summed E-state index contributed by atoms with van der Waals surface area (Å²) in [7, 11) is 1.58. The van der Waals surface area contributed by atoms with E-state index in [0.717, 1.165) is 32.5 Å². The third-order valence-corrected chi connectivity index (χ3v) is 10.0. The van der Waals surface area contributed by atoms with Crippen molar-refractivity contribution in [1.82, 2.24) is 0 Å². The van der Waals surface area contributed by atoms with Gasteiger partial charge in [-0.2, -0.15) is 4.79 Å². The summed E-state index contributed by atoms with van der Waals surface area (Å²) in [5.41, 5.74) is 0. The maximum atomic E-state index is 12.8. The van der Waals surface area contributed by atoms with E-state index in [-0.39, 0.29) is 18.5 Å². The standard InChI is InChI=1S/C40H82NO2.ClH/c1-5-8-10-12-14-16-18-20-22-24-26-28-30-32-34-36-38-41(7-3,40(42)43-4)39-37-35-33-31-29-27-25-23-21-19-17-15-13-11-9-6-2;/h5-39H2,1-4H3;1H/q+1;/p-1. The van der Waals surface area contributed by atoms with Gasteiger partial charge in [0.2, 0.25) is 0 Å². The second-order valence-corrected chi connectivity index (χ2v) is 14.0. The minimum absolute atomic E-state index is 0. The van der Waals surface area contributed by atoms with Gasteiger partial charge < -0.3 is 17.1 Å². The lowest BCUT2D eigenvalue weighted by atomic mass is 10.0. The molecule has 0 aliphatic carbocycles. The first-order valence-corrected chi connectivity index (χ1v) is 20.1. The molecule has 0 N–H and O–H groups in total. The molecule has 0 atom stereocenters. The molecule has 0 aliphatic heterocycles. The van der Waals surface area contributed by atoms with Gasteiger partial charge in [-0.05, 0) is 32.6 Å². The summed E-state index contributed by atoms with van der Waals surface area (Å²) >= 11 is 0. The number of carbonyl (C=O) groups excluding carboxylic acids is 1. The van der Waals surface area contributed by atoms with Crippen molar-refractivity contribution in [3.05, 3.63) is 0 Å². The fourth-order valence-corrected chi connectivity index (χ4v) is 6.86. The highest BCUT2D eigenvalue weighted by molar-refractivity contribution is 5.59. The Kier molecular flexibility index (Phi) is 38.7. The Balaban J connectivity index is 0. The van der Waals surface area contributed by atoms with E-state index in [9.17, 15) is 4.79 Å². The maximum absolute atomic E-state index is 12.8. The lowest BCUT2D eigenvalue weighted by Gasteiger charge is -2.33. The third kappa shape index (κ3) is 29.1. The minimum atomic E-state index is -0.00980. The number of methoxy groups -OCH3 is 1. The molecule has 0 aromatic rings. The number of ether oxygens (including phenoxy) is 1. The van der Waals surface area contributed by atoms with Crippen LogP contribution >= 0.6 is 0 Å². The summed E-state index contributed by atoms with van der Waals surface area (Å²) < 4.78 is 5.83. The zero-order chi connectivity index (χ0) is 31.5. The lowest BCUT2D eigenvalue weighted by molar-refractivity contribution is -0.856. The van der Waals surface area contributed by atoms with Crippen LogP contribution in [-0.2, 0) is 4.74 Å². The molecule has 0 unspecified atom stereocenters. The van der Waals surface area contributed by atoms with E-state index in [0.29, 0.717) is 4.48 Å². The van der Waals surface area contributed by atoms with Gasteiger partial charge in [-0.1, -0.05) is 194 Å². The summed E-state index contributed by atoms with van der Waals surface area (Å²) in [6.45, 7) is 9.55. The molecule has 44 heavy (non-hydrogen) atoms. The van der Waals surface area contributed by atoms with Crippen LogP contribution in [0.3, 0.4) is 0 Å². The van der Waals surface area contributed by atoms with Crippen LogP contribution in [-0.4, -0.2) is 37.3 Å². The van der Waals surface area contributed by atoms with E-state index in [2.05, 4.69) is 20.8 Å². The van der Waals surface area contributed by atoms with Crippen molar-refractivity contribution < 1.29 is 26.4 Å². The van der Waals surface area contributed by atoms with Crippen LogP contribution in [0.1, 0.15) is 226 Å². The van der Waals surface area contributed by atoms with E-state index in [1.54, 1.807) is 7.11 Å². The van der Waals surface area contributed by atoms with Crippen LogP contribution in [0.15, 0.2) is 0 Å². The van der Waals surface area contributed by atoms with Gasteiger partial charge in [0.05, 0.1) is 26.7 Å². The van der Waals surface area contributed by atoms with Crippen molar-refractivity contribution in [1.29, 1.82) is 0 Å². The fourth-order valence-electron chi connectivity index (χ4n) is 6.86. The molecule has 0 bridgehead atoms. The number of halogens is 1. The van der Waals surface area contributed by atoms with Crippen LogP contribution in [0.2, 0.25) is 0 Å². The molecule has 0 radical (unpaired) electrons. The largest absolute Gasteiger partial charge is 1.00 e. The van der Waals surface area contributed by atoms with Crippen molar-refractivity contribution in [2.75, 3.05) is 26.7 Å². The average molecular weight is 645 g/mol. The molecule has 0 aromatic heterocycles. The number of rotatable bonds is 35. The van der Waals surface area contributed by atoms with Gasteiger partial charge in [0.1, 0.15) is 0 Å². The second kappa shape index (κ2) is 37.2. The number of nitrogens with zero attached hydrogens (tertiary/aromatic N) is 1. The zero-order valence-electron chi connectivity index (χ0n) is 30.9. The molecule has 3 nitrogen and oxygen atoms in total. The van der Waals surface area contributed by atoms with Crippen LogP contribution in [0.25, 0.3) is 0 Å². The molecule has 0 heterocycles. The van der Waals surface area contributed by atoms with E-state index in [1.807, 2.05) is 0 Å². The van der Waals surface area contributed by atoms with E-state index in [4.69, 9.17) is 4.74 Å². The van der Waals surface area contributed by atoms with Gasteiger partial charge >= 0.3 is 6.09 Å². The quantitative estimate of drug-likeness (QED) is 0.0507. The third-order valence-electron chi connectivity index (χ3n) is 10.0. The SMILES string of the molecule is CCCCCCCCCCCCCCCCCC[N+](CC)(CCCCCCCCCCCCCCCCCC)C(=O)OC.[Cl-]. The van der Waals surface area contributed by atoms with Crippen LogP contribution in [0, 0.1) is 0 Å². The highest BCUT2D eigenvalue weighted by Crippen LogP contribution is 2.19. The van der Waals surface area contributed by atoms with Gasteiger partial charge in [0.15, 0.2) is 0 Å². The predicted octanol–water partition coefficient (Wildman–Crippen LogP) is 11.1. The first-order chi connectivity index (χ1) is 21.2. The average Bonchev–Trinajstić information content (AvgIpc) is 3.03. The number of amides is 1. The Morgan fingerprint density at radius 2 is 0.591 bits per heavy atom. The number of unbranched alkanes of at least 4 members (excludes halogenated alkanes) is 30. The zero-order valence-corrected chi connectivity index (χ0v) is 31.6. The molecule has 4 heteroatoms. The topological polar surface area (TPSA) is 26.3 Å². The Bertz CT molecular complexity index is 519. The van der Waals surface area contributed by atoms with E-state index >= 15 is 0 Å². The number of hydrogen-bond acceptors (Lipinski definition) is 2. The van der Waals surface area contributed by atoms with Crippen molar-refractivity contribution in [2.24, 2.45) is 0 Å². The van der Waals surface area contributed by atoms with Gasteiger partial charge in [-0.25, -0.2) is 4.48 Å². The summed E-state index contributed by atoms with van der Waals surface area (Å²) in [5.74, 6) is 0. The van der Waals surface area contributed by atoms with Crippen LogP contribution < -0.4 is 12.4 Å². The number of quaternary nitrogens is 1. The van der Waals surface area contributed by atoms with Crippen LogP contribution in [0.4, 0.5) is 4.79 Å².